The molecule has 2 aromatic heterocycles. The Balaban J connectivity index is 1.68. The molecule has 1 aliphatic heterocycles. The van der Waals surface area contributed by atoms with Crippen LogP contribution in [0.5, 0.6) is 5.88 Å². The topological polar surface area (TPSA) is 51.1 Å². The number of nitrogens with zero attached hydrogens (tertiary/aromatic N) is 4. The number of aromatic nitrogens is 3. The molecular weight excluding hydrogens is 319 g/mol. The van der Waals surface area contributed by atoms with Crippen LogP contribution in [0.15, 0.2) is 18.3 Å². The van der Waals surface area contributed by atoms with Crippen LogP contribution in [0, 0.1) is 25.6 Å². The summed E-state index contributed by atoms with van der Waals surface area (Å²) in [4.78, 5) is 15.6. The molecule has 0 unspecified atom stereocenters. The van der Waals surface area contributed by atoms with Gasteiger partial charge in [0.05, 0.1) is 35.9 Å². The minimum absolute atomic E-state index is 0.0784. The number of aryl methyl sites for hydroxylation is 2. The number of hydrogen-bond donors (Lipinski definition) is 0. The number of rotatable bonds is 5. The summed E-state index contributed by atoms with van der Waals surface area (Å²) in [6.07, 6.45) is 3.81. The zero-order valence-corrected chi connectivity index (χ0v) is 15.3. The quantitative estimate of drug-likeness (QED) is 0.833. The lowest BCUT2D eigenvalue weighted by molar-refractivity contribution is 0.240. The Morgan fingerprint density at radius 2 is 2.12 bits per heavy atom. The van der Waals surface area contributed by atoms with Crippen molar-refractivity contribution in [3.8, 4) is 5.88 Å². The average molecular weight is 344 g/mol. The van der Waals surface area contributed by atoms with Crippen LogP contribution in [-0.4, -0.2) is 40.1 Å². The Kier molecular flexibility index (Phi) is 5.27. The van der Waals surface area contributed by atoms with Gasteiger partial charge >= 0.3 is 0 Å². The molecular formula is C19H25FN4O. The van der Waals surface area contributed by atoms with E-state index in [9.17, 15) is 4.39 Å². The summed E-state index contributed by atoms with van der Waals surface area (Å²) in [6.45, 7) is 7.82. The standard InChI is InChI=1S/C19H25FN4O/c1-12-10-21-17(13(2)22-12)9-15-7-8-24(11-15)14(3)19-16(20)5-6-18(23-19)25-4/h5-6,10,14-15H,7-9,11H2,1-4H3/t14-,15+/m0/s1. The van der Waals surface area contributed by atoms with E-state index in [1.165, 1.54) is 6.07 Å². The summed E-state index contributed by atoms with van der Waals surface area (Å²) in [6, 6.07) is 2.90. The molecule has 3 heterocycles. The van der Waals surface area contributed by atoms with Gasteiger partial charge in [-0.3, -0.25) is 14.9 Å². The van der Waals surface area contributed by atoms with Crippen LogP contribution in [0.3, 0.4) is 0 Å². The van der Waals surface area contributed by atoms with Crippen LogP contribution in [0.4, 0.5) is 4.39 Å². The van der Waals surface area contributed by atoms with E-state index in [4.69, 9.17) is 4.74 Å². The molecule has 2 aromatic rings. The molecule has 2 atom stereocenters. The molecule has 6 heteroatoms. The number of likely N-dealkylation sites (tertiary alicyclic amines) is 1. The zero-order chi connectivity index (χ0) is 18.0. The normalized spacial score (nSPS) is 19.2. The highest BCUT2D eigenvalue weighted by molar-refractivity contribution is 5.20. The van der Waals surface area contributed by atoms with E-state index in [-0.39, 0.29) is 11.9 Å². The van der Waals surface area contributed by atoms with Gasteiger partial charge in [-0.15, -0.1) is 0 Å². The van der Waals surface area contributed by atoms with Crippen LogP contribution in [0.2, 0.25) is 0 Å². The van der Waals surface area contributed by atoms with Crippen molar-refractivity contribution in [3.05, 3.63) is 46.9 Å². The minimum Gasteiger partial charge on any atom is -0.481 e. The van der Waals surface area contributed by atoms with Crippen molar-refractivity contribution < 1.29 is 9.13 Å². The van der Waals surface area contributed by atoms with E-state index < -0.39 is 0 Å². The summed E-state index contributed by atoms with van der Waals surface area (Å²) >= 11 is 0. The number of methoxy groups -OCH3 is 1. The highest BCUT2D eigenvalue weighted by atomic mass is 19.1. The molecule has 1 saturated heterocycles. The number of ether oxygens (including phenoxy) is 1. The summed E-state index contributed by atoms with van der Waals surface area (Å²) in [7, 11) is 1.55. The van der Waals surface area contributed by atoms with Gasteiger partial charge in [-0.1, -0.05) is 0 Å². The predicted octanol–water partition coefficient (Wildman–Crippen LogP) is 3.26. The van der Waals surface area contributed by atoms with E-state index in [0.29, 0.717) is 17.5 Å². The third-order valence-corrected chi connectivity index (χ3v) is 4.97. The van der Waals surface area contributed by atoms with Gasteiger partial charge in [0.1, 0.15) is 5.82 Å². The van der Waals surface area contributed by atoms with Gasteiger partial charge in [-0.2, -0.15) is 0 Å². The maximum atomic E-state index is 14.2. The number of hydrogen-bond acceptors (Lipinski definition) is 5. The first-order valence-corrected chi connectivity index (χ1v) is 8.71. The summed E-state index contributed by atoms with van der Waals surface area (Å²) < 4.78 is 19.3. The molecule has 3 rings (SSSR count). The van der Waals surface area contributed by atoms with E-state index in [0.717, 1.165) is 43.0 Å². The van der Waals surface area contributed by atoms with Crippen molar-refractivity contribution in [1.29, 1.82) is 0 Å². The van der Waals surface area contributed by atoms with Crippen molar-refractivity contribution in [2.45, 2.75) is 39.7 Å². The fourth-order valence-corrected chi connectivity index (χ4v) is 3.50. The number of pyridine rings is 1. The molecule has 0 saturated carbocycles. The lowest BCUT2D eigenvalue weighted by Gasteiger charge is -2.24. The molecule has 0 spiro atoms. The smallest absolute Gasteiger partial charge is 0.213 e. The summed E-state index contributed by atoms with van der Waals surface area (Å²) in [5, 5.41) is 0. The van der Waals surface area contributed by atoms with Crippen molar-refractivity contribution in [3.63, 3.8) is 0 Å². The third kappa shape index (κ3) is 3.95. The van der Waals surface area contributed by atoms with Crippen LogP contribution in [0.1, 0.15) is 42.2 Å². The molecule has 0 aliphatic carbocycles. The third-order valence-electron chi connectivity index (χ3n) is 4.97. The zero-order valence-electron chi connectivity index (χ0n) is 15.3. The van der Waals surface area contributed by atoms with Crippen LogP contribution < -0.4 is 4.74 Å². The lowest BCUT2D eigenvalue weighted by Crippen LogP contribution is -2.26. The first kappa shape index (κ1) is 17.7. The first-order valence-electron chi connectivity index (χ1n) is 8.71. The Bertz CT molecular complexity index is 752. The van der Waals surface area contributed by atoms with Gasteiger partial charge in [-0.25, -0.2) is 9.37 Å². The molecule has 0 N–H and O–H groups in total. The van der Waals surface area contributed by atoms with E-state index in [1.807, 2.05) is 27.0 Å². The van der Waals surface area contributed by atoms with Gasteiger partial charge in [0.25, 0.3) is 0 Å². The summed E-state index contributed by atoms with van der Waals surface area (Å²) in [5.74, 6) is 0.674. The molecule has 134 valence electrons. The Morgan fingerprint density at radius 3 is 2.84 bits per heavy atom. The second-order valence-electron chi connectivity index (χ2n) is 6.79. The van der Waals surface area contributed by atoms with Crippen LogP contribution >= 0.6 is 0 Å². The molecule has 1 fully saturated rings. The van der Waals surface area contributed by atoms with Crippen molar-refractivity contribution in [2.75, 3.05) is 20.2 Å². The Morgan fingerprint density at radius 1 is 1.32 bits per heavy atom. The summed E-state index contributed by atoms with van der Waals surface area (Å²) in [5.41, 5.74) is 3.47. The maximum Gasteiger partial charge on any atom is 0.213 e. The van der Waals surface area contributed by atoms with Crippen molar-refractivity contribution in [2.24, 2.45) is 5.92 Å². The first-order chi connectivity index (χ1) is 12.0. The van der Waals surface area contributed by atoms with Crippen molar-refractivity contribution in [1.82, 2.24) is 19.9 Å². The molecule has 5 nitrogen and oxygen atoms in total. The molecule has 0 aromatic carbocycles. The number of halogens is 1. The van der Waals surface area contributed by atoms with Crippen molar-refractivity contribution >= 4 is 0 Å². The Hall–Kier alpha value is -2.08. The highest BCUT2D eigenvalue weighted by Gasteiger charge is 2.29. The maximum absolute atomic E-state index is 14.2. The molecule has 0 bridgehead atoms. The molecule has 0 radical (unpaired) electrons. The SMILES string of the molecule is COc1ccc(F)c([C@H](C)N2CC[C@H](Cc3ncc(C)nc3C)C2)n1. The monoisotopic (exact) mass is 344 g/mol. The van der Waals surface area contributed by atoms with E-state index in [2.05, 4.69) is 19.9 Å². The van der Waals surface area contributed by atoms with E-state index >= 15 is 0 Å². The second kappa shape index (κ2) is 7.44. The Labute approximate surface area is 148 Å². The average Bonchev–Trinajstić information content (AvgIpc) is 3.06. The lowest BCUT2D eigenvalue weighted by atomic mass is 10.0. The fraction of sp³-hybridized carbons (Fsp3) is 0.526. The van der Waals surface area contributed by atoms with Gasteiger partial charge in [0.2, 0.25) is 5.88 Å². The van der Waals surface area contributed by atoms with Gasteiger partial charge in [0.15, 0.2) is 0 Å². The van der Waals surface area contributed by atoms with Gasteiger partial charge < -0.3 is 4.74 Å². The van der Waals surface area contributed by atoms with Crippen LogP contribution in [-0.2, 0) is 6.42 Å². The van der Waals surface area contributed by atoms with Gasteiger partial charge in [-0.05, 0) is 52.1 Å². The molecule has 0 amide bonds. The largest absolute Gasteiger partial charge is 0.481 e. The van der Waals surface area contributed by atoms with Gasteiger partial charge in [0, 0.05) is 18.8 Å². The van der Waals surface area contributed by atoms with E-state index in [1.54, 1.807) is 13.2 Å². The highest BCUT2D eigenvalue weighted by Crippen LogP contribution is 2.30. The molecule has 1 aliphatic rings. The molecule has 25 heavy (non-hydrogen) atoms. The minimum atomic E-state index is -0.281. The fourth-order valence-electron chi connectivity index (χ4n) is 3.50. The second-order valence-corrected chi connectivity index (χ2v) is 6.79. The van der Waals surface area contributed by atoms with Crippen LogP contribution in [0.25, 0.3) is 0 Å². The predicted molar refractivity (Wildman–Crippen MR) is 94.1 cm³/mol.